The largest absolute Gasteiger partial charge is 0.254 e. The molecule has 1 fully saturated rings. The lowest BCUT2D eigenvalue weighted by atomic mass is 10.4. The molecule has 1 aromatic heterocycles. The molecule has 0 radical (unpaired) electrons. The number of hydrogen-bond acceptors (Lipinski definition) is 5. The molecule has 0 bridgehead atoms. The van der Waals surface area contributed by atoms with Crippen molar-refractivity contribution in [3.05, 3.63) is 10.2 Å². The summed E-state index contributed by atoms with van der Waals surface area (Å²) in [6, 6.07) is 0. The zero-order valence-corrected chi connectivity index (χ0v) is 12.7. The van der Waals surface area contributed by atoms with E-state index in [-0.39, 0.29) is 8.68 Å². The van der Waals surface area contributed by atoms with Gasteiger partial charge >= 0.3 is 0 Å². The molecule has 2 rings (SSSR count). The maximum atomic E-state index is 12.4. The second kappa shape index (κ2) is 5.05. The lowest BCUT2D eigenvalue weighted by molar-refractivity contribution is 0.425. The van der Waals surface area contributed by atoms with Gasteiger partial charge in [-0.05, 0) is 6.92 Å². The molecule has 0 amide bonds. The molecular weight excluding hydrogens is 300 g/mol. The summed E-state index contributed by atoms with van der Waals surface area (Å²) in [4.78, 5) is 3.96. The van der Waals surface area contributed by atoms with E-state index < -0.39 is 10.0 Å². The minimum absolute atomic E-state index is 0.278. The van der Waals surface area contributed by atoms with Crippen LogP contribution in [-0.4, -0.2) is 41.8 Å². The number of hydrogen-bond donors (Lipinski definition) is 0. The standard InChI is InChI=1S/C9H13ClN2O2S3/c1-6-5-12(3-4-15-6)17(13,14)8-7(2)11-9(10)16-8/h6H,3-5H2,1-2H3. The van der Waals surface area contributed by atoms with Gasteiger partial charge in [-0.1, -0.05) is 29.9 Å². The van der Waals surface area contributed by atoms with E-state index in [0.717, 1.165) is 17.1 Å². The first kappa shape index (κ1) is 13.6. The second-order valence-corrected chi connectivity index (χ2v) is 9.14. The van der Waals surface area contributed by atoms with Crippen LogP contribution in [0.4, 0.5) is 0 Å². The molecule has 1 unspecified atom stereocenters. The van der Waals surface area contributed by atoms with Crippen molar-refractivity contribution in [3.8, 4) is 0 Å². The normalized spacial score (nSPS) is 22.9. The highest BCUT2D eigenvalue weighted by Crippen LogP contribution is 2.31. The Kier molecular flexibility index (Phi) is 4.04. The summed E-state index contributed by atoms with van der Waals surface area (Å²) in [7, 11) is -3.41. The minimum Gasteiger partial charge on any atom is -0.229 e. The molecule has 1 saturated heterocycles. The molecule has 1 aliphatic rings. The van der Waals surface area contributed by atoms with E-state index >= 15 is 0 Å². The molecule has 0 aromatic carbocycles. The molecule has 1 aliphatic heterocycles. The molecule has 1 atom stereocenters. The van der Waals surface area contributed by atoms with E-state index in [1.807, 2.05) is 6.92 Å². The average Bonchev–Trinajstić information content (AvgIpc) is 2.58. The van der Waals surface area contributed by atoms with E-state index in [0.29, 0.717) is 24.0 Å². The zero-order chi connectivity index (χ0) is 12.6. The van der Waals surface area contributed by atoms with Crippen molar-refractivity contribution >= 4 is 44.7 Å². The molecule has 0 saturated carbocycles. The Bertz CT molecular complexity index is 514. The lowest BCUT2D eigenvalue weighted by Gasteiger charge is -2.29. The number of aryl methyl sites for hydroxylation is 1. The van der Waals surface area contributed by atoms with Crippen LogP contribution in [0.3, 0.4) is 0 Å². The fourth-order valence-electron chi connectivity index (χ4n) is 1.71. The van der Waals surface area contributed by atoms with Crippen LogP contribution in [-0.2, 0) is 10.0 Å². The first-order chi connectivity index (χ1) is 7.91. The van der Waals surface area contributed by atoms with Crippen molar-refractivity contribution in [2.24, 2.45) is 0 Å². The molecule has 1 aromatic rings. The Morgan fingerprint density at radius 1 is 1.53 bits per heavy atom. The second-order valence-electron chi connectivity index (χ2n) is 3.88. The average molecular weight is 313 g/mol. The SMILES string of the molecule is Cc1nc(Cl)sc1S(=O)(=O)N1CCSC(C)C1. The summed E-state index contributed by atoms with van der Waals surface area (Å²) < 4.78 is 26.9. The number of halogens is 1. The number of sulfonamides is 1. The van der Waals surface area contributed by atoms with Gasteiger partial charge in [0.25, 0.3) is 10.0 Å². The van der Waals surface area contributed by atoms with Crippen molar-refractivity contribution in [3.63, 3.8) is 0 Å². The van der Waals surface area contributed by atoms with Crippen LogP contribution >= 0.6 is 34.7 Å². The molecule has 17 heavy (non-hydrogen) atoms. The van der Waals surface area contributed by atoms with E-state index in [1.165, 1.54) is 4.31 Å². The van der Waals surface area contributed by atoms with Gasteiger partial charge in [-0.25, -0.2) is 13.4 Å². The van der Waals surface area contributed by atoms with Crippen molar-refractivity contribution in [1.82, 2.24) is 9.29 Å². The Balaban J connectivity index is 2.33. The maximum absolute atomic E-state index is 12.4. The molecule has 4 nitrogen and oxygen atoms in total. The molecular formula is C9H13ClN2O2S3. The van der Waals surface area contributed by atoms with Crippen LogP contribution in [0.15, 0.2) is 4.21 Å². The van der Waals surface area contributed by atoms with Gasteiger partial charge < -0.3 is 0 Å². The van der Waals surface area contributed by atoms with Crippen molar-refractivity contribution in [1.29, 1.82) is 0 Å². The fourth-order valence-corrected chi connectivity index (χ4v) is 6.34. The van der Waals surface area contributed by atoms with E-state index in [4.69, 9.17) is 11.6 Å². The summed E-state index contributed by atoms with van der Waals surface area (Å²) in [6.45, 7) is 4.84. The smallest absolute Gasteiger partial charge is 0.229 e. The maximum Gasteiger partial charge on any atom is 0.254 e. The first-order valence-corrected chi connectivity index (χ1v) is 8.84. The Hall–Kier alpha value is 0.180. The van der Waals surface area contributed by atoms with E-state index in [1.54, 1.807) is 18.7 Å². The summed E-state index contributed by atoms with van der Waals surface area (Å²) in [5, 5.41) is 0.335. The zero-order valence-electron chi connectivity index (χ0n) is 9.51. The van der Waals surface area contributed by atoms with Crippen LogP contribution in [0.2, 0.25) is 4.47 Å². The fraction of sp³-hybridized carbons (Fsp3) is 0.667. The third-order valence-electron chi connectivity index (χ3n) is 2.51. The minimum atomic E-state index is -3.41. The van der Waals surface area contributed by atoms with Crippen molar-refractivity contribution < 1.29 is 8.42 Å². The van der Waals surface area contributed by atoms with Gasteiger partial charge in [0.05, 0.1) is 5.69 Å². The Morgan fingerprint density at radius 3 is 2.76 bits per heavy atom. The molecule has 8 heteroatoms. The number of thiazole rings is 1. The van der Waals surface area contributed by atoms with Crippen molar-refractivity contribution in [2.75, 3.05) is 18.8 Å². The summed E-state index contributed by atoms with van der Waals surface area (Å²) in [6.07, 6.45) is 0. The molecule has 0 spiro atoms. The van der Waals surface area contributed by atoms with Crippen molar-refractivity contribution in [2.45, 2.75) is 23.3 Å². The first-order valence-electron chi connectivity index (χ1n) is 5.16. The molecule has 96 valence electrons. The third kappa shape index (κ3) is 2.78. The van der Waals surface area contributed by atoms with Gasteiger partial charge in [0.2, 0.25) is 0 Å². The predicted octanol–water partition coefficient (Wildman–Crippen LogP) is 2.23. The van der Waals surface area contributed by atoms with Gasteiger partial charge in [-0.15, -0.1) is 0 Å². The van der Waals surface area contributed by atoms with Crippen LogP contribution < -0.4 is 0 Å². The number of nitrogens with zero attached hydrogens (tertiary/aromatic N) is 2. The summed E-state index contributed by atoms with van der Waals surface area (Å²) >= 11 is 8.59. The monoisotopic (exact) mass is 312 g/mol. The molecule has 0 N–H and O–H groups in total. The quantitative estimate of drug-likeness (QED) is 0.840. The number of aromatic nitrogens is 1. The third-order valence-corrected chi connectivity index (χ3v) is 7.36. The topological polar surface area (TPSA) is 50.3 Å². The highest BCUT2D eigenvalue weighted by molar-refractivity contribution is 8.00. The van der Waals surface area contributed by atoms with Crippen LogP contribution in [0.5, 0.6) is 0 Å². The summed E-state index contributed by atoms with van der Waals surface area (Å²) in [5.41, 5.74) is 0.492. The van der Waals surface area contributed by atoms with E-state index in [2.05, 4.69) is 4.98 Å². The highest BCUT2D eigenvalue weighted by Gasteiger charge is 2.32. The lowest BCUT2D eigenvalue weighted by Crippen LogP contribution is -2.40. The van der Waals surface area contributed by atoms with Crippen LogP contribution in [0.1, 0.15) is 12.6 Å². The van der Waals surface area contributed by atoms with Gasteiger partial charge in [0.1, 0.15) is 0 Å². The van der Waals surface area contributed by atoms with Gasteiger partial charge in [-0.3, -0.25) is 0 Å². The van der Waals surface area contributed by atoms with Crippen LogP contribution in [0, 0.1) is 6.92 Å². The van der Waals surface area contributed by atoms with E-state index in [9.17, 15) is 8.42 Å². The number of rotatable bonds is 2. The summed E-state index contributed by atoms with van der Waals surface area (Å²) in [5.74, 6) is 0.839. The molecule has 0 aliphatic carbocycles. The van der Waals surface area contributed by atoms with Gasteiger partial charge in [0, 0.05) is 24.1 Å². The predicted molar refractivity (Wildman–Crippen MR) is 72.5 cm³/mol. The Morgan fingerprint density at radius 2 is 2.24 bits per heavy atom. The van der Waals surface area contributed by atoms with Gasteiger partial charge in [0.15, 0.2) is 8.68 Å². The van der Waals surface area contributed by atoms with Crippen LogP contribution in [0.25, 0.3) is 0 Å². The Labute approximate surface area is 114 Å². The number of thioether (sulfide) groups is 1. The molecule has 2 heterocycles. The van der Waals surface area contributed by atoms with Gasteiger partial charge in [-0.2, -0.15) is 16.1 Å². The highest BCUT2D eigenvalue weighted by atomic mass is 35.5.